The van der Waals surface area contributed by atoms with E-state index in [1.807, 2.05) is 49.4 Å². The van der Waals surface area contributed by atoms with Crippen LogP contribution in [0.5, 0.6) is 0 Å². The van der Waals surface area contributed by atoms with Gasteiger partial charge in [0.25, 0.3) is 0 Å². The topological polar surface area (TPSA) is 79.2 Å². The number of benzene rings is 2. The maximum absolute atomic E-state index is 13.1. The van der Waals surface area contributed by atoms with Crippen LogP contribution in [0.1, 0.15) is 23.1 Å². The second-order valence-electron chi connectivity index (χ2n) is 9.62. The number of rotatable bonds is 8. The molecule has 0 saturated carbocycles. The summed E-state index contributed by atoms with van der Waals surface area (Å²) < 4.78 is 1.71. The molecule has 5 rings (SSSR count). The van der Waals surface area contributed by atoms with Crippen molar-refractivity contribution < 1.29 is 4.79 Å². The first-order chi connectivity index (χ1) is 18.8. The van der Waals surface area contributed by atoms with Gasteiger partial charge in [-0.25, -0.2) is 9.97 Å². The second-order valence-corrected chi connectivity index (χ2v) is 10.8. The molecule has 2 aromatic heterocycles. The number of carbonyl (C=O) groups is 1. The second kappa shape index (κ2) is 12.3. The van der Waals surface area contributed by atoms with Gasteiger partial charge in [-0.3, -0.25) is 14.3 Å². The maximum Gasteiger partial charge on any atom is 0.238 e. The highest BCUT2D eigenvalue weighted by atomic mass is 35.5. The van der Waals surface area contributed by atoms with Crippen molar-refractivity contribution in [1.29, 1.82) is 0 Å². The van der Waals surface area contributed by atoms with Crippen molar-refractivity contribution in [2.45, 2.75) is 32.5 Å². The lowest BCUT2D eigenvalue weighted by molar-refractivity contribution is -0.121. The number of aromatic nitrogens is 4. The Hall–Kier alpha value is -3.17. The Kier molecular flexibility index (Phi) is 8.67. The van der Waals surface area contributed by atoms with Crippen molar-refractivity contribution in [3.8, 4) is 5.95 Å². The van der Waals surface area contributed by atoms with Gasteiger partial charge in [0, 0.05) is 57.6 Å². The van der Waals surface area contributed by atoms with Gasteiger partial charge in [0.15, 0.2) is 0 Å². The number of piperazine rings is 1. The van der Waals surface area contributed by atoms with E-state index >= 15 is 0 Å². The molecule has 1 aliphatic rings. The summed E-state index contributed by atoms with van der Waals surface area (Å²) in [6.07, 6.45) is 5.35. The zero-order valence-corrected chi connectivity index (χ0v) is 23.7. The zero-order valence-electron chi connectivity index (χ0n) is 21.4. The average Bonchev–Trinajstić information content (AvgIpc) is 3.46. The van der Waals surface area contributed by atoms with Gasteiger partial charge in [0.2, 0.25) is 11.9 Å². The molecule has 0 spiro atoms. The van der Waals surface area contributed by atoms with Crippen LogP contribution in [0.4, 0.5) is 5.82 Å². The van der Waals surface area contributed by atoms with Crippen molar-refractivity contribution in [3.63, 3.8) is 0 Å². The molecule has 39 heavy (non-hydrogen) atoms. The predicted octanol–water partition coefficient (Wildman–Crippen LogP) is 5.33. The average molecular weight is 585 g/mol. The first-order valence-corrected chi connectivity index (χ1v) is 13.8. The number of anilines is 1. The summed E-state index contributed by atoms with van der Waals surface area (Å²) >= 11 is 18.8. The molecule has 0 aliphatic carbocycles. The first kappa shape index (κ1) is 27.4. The van der Waals surface area contributed by atoms with E-state index in [1.54, 1.807) is 29.4 Å². The Morgan fingerprint density at radius 3 is 2.54 bits per heavy atom. The van der Waals surface area contributed by atoms with Crippen molar-refractivity contribution >= 4 is 46.5 Å². The number of hydrogen-bond donors (Lipinski definition) is 1. The third kappa shape index (κ3) is 7.08. The van der Waals surface area contributed by atoms with Crippen LogP contribution >= 0.6 is 34.8 Å². The Labute approximate surface area is 242 Å². The molecule has 3 heterocycles. The van der Waals surface area contributed by atoms with Gasteiger partial charge < -0.3 is 10.2 Å². The van der Waals surface area contributed by atoms with Crippen molar-refractivity contribution in [3.05, 3.63) is 99.1 Å². The van der Waals surface area contributed by atoms with E-state index in [1.165, 1.54) is 5.56 Å². The van der Waals surface area contributed by atoms with Crippen LogP contribution in [-0.2, 0) is 17.9 Å². The number of carbonyl (C=O) groups excluding carboxylic acids is 1. The molecule has 0 radical (unpaired) electrons. The van der Waals surface area contributed by atoms with Gasteiger partial charge >= 0.3 is 0 Å². The standard InChI is InChI=1S/C28H28Cl3N7O/c1-19-2-4-20(5-3-19)15-33-27(39)13-22-17-36(16-21-6-7-23(29)24(30)12-21)10-11-38(22)26-14-25(31)34-28(35-26)37-9-8-32-18-37/h2-9,12,14,18,22H,10-11,13,15-17H2,1H3,(H,33,39). The number of halogens is 3. The number of nitrogens with one attached hydrogen (secondary N) is 1. The smallest absolute Gasteiger partial charge is 0.238 e. The van der Waals surface area contributed by atoms with E-state index in [-0.39, 0.29) is 11.9 Å². The first-order valence-electron chi connectivity index (χ1n) is 12.6. The van der Waals surface area contributed by atoms with Gasteiger partial charge in [-0.1, -0.05) is 70.7 Å². The molecule has 1 fully saturated rings. The molecule has 0 bridgehead atoms. The molecule has 1 N–H and O–H groups in total. The molecule has 11 heteroatoms. The summed E-state index contributed by atoms with van der Waals surface area (Å²) in [5, 5.41) is 4.46. The van der Waals surface area contributed by atoms with Crippen LogP contribution in [0.3, 0.4) is 0 Å². The Bertz CT molecular complexity index is 1430. The largest absolute Gasteiger partial charge is 0.352 e. The molecule has 202 valence electrons. The molecule has 1 unspecified atom stereocenters. The van der Waals surface area contributed by atoms with Crippen molar-refractivity contribution in [2.24, 2.45) is 0 Å². The molecule has 1 atom stereocenters. The lowest BCUT2D eigenvalue weighted by Gasteiger charge is -2.42. The molecule has 2 aromatic carbocycles. The SMILES string of the molecule is Cc1ccc(CNC(=O)CC2CN(Cc3ccc(Cl)c(Cl)c3)CCN2c2cc(Cl)nc(-n3ccnc3)n2)cc1. The lowest BCUT2D eigenvalue weighted by Crippen LogP contribution is -2.54. The molecule has 1 saturated heterocycles. The minimum absolute atomic E-state index is 0.0306. The van der Waals surface area contributed by atoms with E-state index in [9.17, 15) is 4.79 Å². The number of aryl methyl sites for hydroxylation is 1. The maximum atomic E-state index is 13.1. The molecule has 4 aromatic rings. The minimum Gasteiger partial charge on any atom is -0.352 e. The van der Waals surface area contributed by atoms with Gasteiger partial charge in [-0.15, -0.1) is 0 Å². The molecular formula is C28H28Cl3N7O. The summed E-state index contributed by atoms with van der Waals surface area (Å²) in [6.45, 7) is 5.29. The third-order valence-corrected chi connectivity index (χ3v) is 7.62. The van der Waals surface area contributed by atoms with Crippen LogP contribution in [0.2, 0.25) is 15.2 Å². The highest BCUT2D eigenvalue weighted by Crippen LogP contribution is 2.27. The van der Waals surface area contributed by atoms with Gasteiger partial charge in [-0.05, 0) is 30.2 Å². The molecule has 1 amide bonds. The molecule has 8 nitrogen and oxygen atoms in total. The normalized spacial score (nSPS) is 15.9. The third-order valence-electron chi connectivity index (χ3n) is 6.69. The van der Waals surface area contributed by atoms with Crippen LogP contribution in [0.25, 0.3) is 5.95 Å². The fraction of sp³-hybridized carbons (Fsp3) is 0.286. The summed E-state index contributed by atoms with van der Waals surface area (Å²) in [5.41, 5.74) is 3.31. The molecular weight excluding hydrogens is 557 g/mol. The lowest BCUT2D eigenvalue weighted by atomic mass is 10.1. The van der Waals surface area contributed by atoms with E-state index in [4.69, 9.17) is 39.8 Å². The Balaban J connectivity index is 1.35. The van der Waals surface area contributed by atoms with Gasteiger partial charge in [0.05, 0.1) is 16.1 Å². The quantitative estimate of drug-likeness (QED) is 0.282. The highest BCUT2D eigenvalue weighted by Gasteiger charge is 2.30. The monoisotopic (exact) mass is 583 g/mol. The van der Waals surface area contributed by atoms with E-state index in [0.717, 1.165) is 17.7 Å². The number of amides is 1. The van der Waals surface area contributed by atoms with Crippen LogP contribution < -0.4 is 10.2 Å². The predicted molar refractivity (Wildman–Crippen MR) is 155 cm³/mol. The Morgan fingerprint density at radius 2 is 1.79 bits per heavy atom. The highest BCUT2D eigenvalue weighted by molar-refractivity contribution is 6.42. The van der Waals surface area contributed by atoms with E-state index < -0.39 is 0 Å². The van der Waals surface area contributed by atoms with Gasteiger partial charge in [0.1, 0.15) is 17.3 Å². The summed E-state index contributed by atoms with van der Waals surface area (Å²) in [5.74, 6) is 1.07. The van der Waals surface area contributed by atoms with Crippen molar-refractivity contribution in [2.75, 3.05) is 24.5 Å². The fourth-order valence-electron chi connectivity index (χ4n) is 4.66. The number of hydrogen-bond acceptors (Lipinski definition) is 6. The van der Waals surface area contributed by atoms with Gasteiger partial charge in [-0.2, -0.15) is 4.98 Å². The minimum atomic E-state index is -0.138. The number of imidazole rings is 1. The van der Waals surface area contributed by atoms with E-state index in [0.29, 0.717) is 59.6 Å². The zero-order chi connectivity index (χ0) is 27.4. The van der Waals surface area contributed by atoms with Crippen LogP contribution in [0.15, 0.2) is 67.3 Å². The summed E-state index contributed by atoms with van der Waals surface area (Å²) in [4.78, 5) is 30.8. The summed E-state index contributed by atoms with van der Waals surface area (Å²) in [6, 6.07) is 15.4. The van der Waals surface area contributed by atoms with Crippen LogP contribution in [-0.4, -0.2) is 56.0 Å². The van der Waals surface area contributed by atoms with Crippen LogP contribution in [0, 0.1) is 6.92 Å². The molecule has 1 aliphatic heterocycles. The van der Waals surface area contributed by atoms with Crippen molar-refractivity contribution in [1.82, 2.24) is 29.7 Å². The number of nitrogens with zero attached hydrogens (tertiary/aromatic N) is 6. The summed E-state index contributed by atoms with van der Waals surface area (Å²) in [7, 11) is 0. The van der Waals surface area contributed by atoms with E-state index in [2.05, 4.69) is 25.1 Å². The Morgan fingerprint density at radius 1 is 1.00 bits per heavy atom. The fourth-order valence-corrected chi connectivity index (χ4v) is 5.16.